The van der Waals surface area contributed by atoms with E-state index in [2.05, 4.69) is 15.3 Å². The summed E-state index contributed by atoms with van der Waals surface area (Å²) in [6.07, 6.45) is 0.152. The number of carbonyl (C=O) groups excluding carboxylic acids is 6. The van der Waals surface area contributed by atoms with E-state index < -0.39 is 77.4 Å². The minimum Gasteiger partial charge on any atom is -0.461 e. The highest BCUT2D eigenvalue weighted by Gasteiger charge is 2.41. The number of rotatable bonds is 13. The standard InChI is InChI=1S/C44H54F2N6O9/c1-9-36(49-41(56)23(2)50(8)43(58)61-44(5,6)7)42(57)52-21-31(60-25(4)55)17-29(52)19-35-33-13-11-27(46)15-38(33)48-40(35)39-34(32-12-10-26(45)14-37(32)47-39)18-28-16-30(59-24(3)54)20-51(28)22-53/h10-15,22-23,28-31,36,47-48H,9,16-21H2,1-8H3,(H,49,56)/t23-,28?,29?,30?,31?,36?/m0/s1. The maximum absolute atomic E-state index is 14.8. The quantitative estimate of drug-likeness (QED) is 0.0886. The molecule has 15 nitrogen and oxygen atoms in total. The van der Waals surface area contributed by atoms with Crippen LogP contribution in [0.1, 0.15) is 78.9 Å². The van der Waals surface area contributed by atoms with Gasteiger partial charge in [-0.3, -0.25) is 28.9 Å². The number of amides is 4. The number of benzene rings is 2. The van der Waals surface area contributed by atoms with E-state index in [1.165, 1.54) is 52.1 Å². The normalized spacial score (nSPS) is 20.1. The van der Waals surface area contributed by atoms with Crippen LogP contribution < -0.4 is 5.32 Å². The molecular formula is C44H54F2N6O9. The number of H-pyrrole nitrogens is 2. The number of nitrogens with one attached hydrogen (secondary N) is 3. The minimum absolute atomic E-state index is 0.0404. The molecular weight excluding hydrogens is 795 g/mol. The van der Waals surface area contributed by atoms with E-state index in [0.717, 1.165) is 16.9 Å². The second-order valence-electron chi connectivity index (χ2n) is 17.0. The molecule has 5 unspecified atom stereocenters. The third kappa shape index (κ3) is 9.97. The minimum atomic E-state index is -1.00. The highest BCUT2D eigenvalue weighted by Crippen LogP contribution is 2.40. The number of esters is 2. The van der Waals surface area contributed by atoms with Gasteiger partial charge >= 0.3 is 18.0 Å². The van der Waals surface area contributed by atoms with Crippen molar-refractivity contribution in [2.75, 3.05) is 20.1 Å². The van der Waals surface area contributed by atoms with Crippen LogP contribution in [0.5, 0.6) is 0 Å². The Kier molecular flexibility index (Phi) is 13.1. The van der Waals surface area contributed by atoms with Crippen LogP contribution >= 0.6 is 0 Å². The highest BCUT2D eigenvalue weighted by molar-refractivity contribution is 5.96. The van der Waals surface area contributed by atoms with Crippen LogP contribution in [0.3, 0.4) is 0 Å². The molecule has 0 bridgehead atoms. The summed E-state index contributed by atoms with van der Waals surface area (Å²) in [5.74, 6) is -2.94. The number of hydrogen-bond donors (Lipinski definition) is 3. The van der Waals surface area contributed by atoms with Gasteiger partial charge in [-0.1, -0.05) is 6.92 Å². The van der Waals surface area contributed by atoms with Gasteiger partial charge in [0.05, 0.1) is 24.5 Å². The fourth-order valence-corrected chi connectivity index (χ4v) is 8.48. The molecule has 2 aliphatic rings. The van der Waals surface area contributed by atoms with Crippen molar-refractivity contribution >= 4 is 58.1 Å². The first-order chi connectivity index (χ1) is 28.8. The van der Waals surface area contributed by atoms with Crippen molar-refractivity contribution in [3.05, 3.63) is 59.2 Å². The fraction of sp³-hybridized carbons (Fsp3) is 0.500. The third-order valence-corrected chi connectivity index (χ3v) is 11.4. The summed E-state index contributed by atoms with van der Waals surface area (Å²) < 4.78 is 46.1. The molecule has 17 heteroatoms. The average molecular weight is 849 g/mol. The monoisotopic (exact) mass is 848 g/mol. The molecule has 3 N–H and O–H groups in total. The number of likely N-dealkylation sites (tertiary alicyclic amines) is 2. The van der Waals surface area contributed by atoms with Gasteiger partial charge in [-0.2, -0.15) is 0 Å². The maximum Gasteiger partial charge on any atom is 0.410 e. The largest absolute Gasteiger partial charge is 0.461 e. The Hall–Kier alpha value is -6.00. The molecule has 0 saturated carbocycles. The van der Waals surface area contributed by atoms with E-state index in [9.17, 15) is 37.5 Å². The second kappa shape index (κ2) is 17.9. The summed E-state index contributed by atoms with van der Waals surface area (Å²) in [6.45, 7) is 11.3. The molecule has 0 aliphatic carbocycles. The second-order valence-corrected chi connectivity index (χ2v) is 17.0. The van der Waals surface area contributed by atoms with Crippen molar-refractivity contribution < 1.29 is 51.8 Å². The van der Waals surface area contributed by atoms with E-state index >= 15 is 0 Å². The Balaban J connectivity index is 1.37. The van der Waals surface area contributed by atoms with Crippen LogP contribution in [0.15, 0.2) is 36.4 Å². The number of carbonyl (C=O) groups is 6. The van der Waals surface area contributed by atoms with E-state index in [4.69, 9.17) is 14.2 Å². The van der Waals surface area contributed by atoms with Gasteiger partial charge in [0.2, 0.25) is 18.2 Å². The number of halogens is 2. The fourth-order valence-electron chi connectivity index (χ4n) is 8.48. The first-order valence-corrected chi connectivity index (χ1v) is 20.5. The Bertz CT molecular complexity index is 2340. The lowest BCUT2D eigenvalue weighted by Crippen LogP contribution is -2.55. The van der Waals surface area contributed by atoms with Crippen LogP contribution in [0.25, 0.3) is 33.2 Å². The molecule has 2 aromatic heterocycles. The number of ether oxygens (including phenoxy) is 3. The lowest BCUT2D eigenvalue weighted by atomic mass is 9.95. The Morgan fingerprint density at radius 1 is 0.869 bits per heavy atom. The first-order valence-electron chi connectivity index (χ1n) is 20.5. The summed E-state index contributed by atoms with van der Waals surface area (Å²) >= 11 is 0. The molecule has 6 rings (SSSR count). The SMILES string of the molecule is CCC(NC(=O)[C@H](C)N(C)C(=O)OC(C)(C)C)C(=O)N1CC(OC(C)=O)CC1Cc1c(-c2[nH]c3cc(F)ccc3c2CC2CC(OC(C)=O)CN2C=O)[nH]c2cc(F)ccc12. The number of likely N-dealkylation sites (N-methyl/N-ethyl adjacent to an activating group) is 1. The summed E-state index contributed by atoms with van der Waals surface area (Å²) in [7, 11) is 1.44. The van der Waals surface area contributed by atoms with Crippen molar-refractivity contribution in [2.24, 2.45) is 0 Å². The van der Waals surface area contributed by atoms with Crippen molar-refractivity contribution in [2.45, 2.75) is 123 Å². The van der Waals surface area contributed by atoms with Crippen molar-refractivity contribution in [1.29, 1.82) is 0 Å². The zero-order valence-electron chi connectivity index (χ0n) is 35.7. The summed E-state index contributed by atoms with van der Waals surface area (Å²) in [4.78, 5) is 88.2. The Labute approximate surface area is 352 Å². The topological polar surface area (TPSA) is 183 Å². The molecule has 2 aliphatic heterocycles. The van der Waals surface area contributed by atoms with Gasteiger partial charge in [0.25, 0.3) is 0 Å². The molecule has 2 fully saturated rings. The highest BCUT2D eigenvalue weighted by atomic mass is 19.1. The van der Waals surface area contributed by atoms with Gasteiger partial charge in [0.1, 0.15) is 41.5 Å². The van der Waals surface area contributed by atoms with E-state index in [1.54, 1.807) is 49.6 Å². The number of aromatic amines is 2. The number of nitrogens with zero attached hydrogens (tertiary/aromatic N) is 3. The molecule has 6 atom stereocenters. The Morgan fingerprint density at radius 2 is 1.38 bits per heavy atom. The van der Waals surface area contributed by atoms with Gasteiger partial charge in [0, 0.05) is 67.6 Å². The molecule has 4 heterocycles. The van der Waals surface area contributed by atoms with Crippen LogP contribution in [0.4, 0.5) is 13.6 Å². The molecule has 4 aromatic rings. The molecule has 0 spiro atoms. The predicted octanol–water partition coefficient (Wildman–Crippen LogP) is 5.52. The number of aromatic nitrogens is 2. The van der Waals surface area contributed by atoms with Crippen molar-refractivity contribution in [3.63, 3.8) is 0 Å². The van der Waals surface area contributed by atoms with Crippen LogP contribution in [0, 0.1) is 11.6 Å². The van der Waals surface area contributed by atoms with Gasteiger partial charge in [-0.25, -0.2) is 13.6 Å². The third-order valence-electron chi connectivity index (χ3n) is 11.4. The first kappa shape index (κ1) is 44.5. The zero-order valence-corrected chi connectivity index (χ0v) is 35.7. The summed E-state index contributed by atoms with van der Waals surface area (Å²) in [6, 6.07) is 5.74. The van der Waals surface area contributed by atoms with Crippen molar-refractivity contribution in [1.82, 2.24) is 30.0 Å². The van der Waals surface area contributed by atoms with Crippen LogP contribution in [0.2, 0.25) is 0 Å². The van der Waals surface area contributed by atoms with E-state index in [1.807, 2.05) is 0 Å². The molecule has 328 valence electrons. The number of hydrogen-bond acceptors (Lipinski definition) is 9. The average Bonchev–Trinajstić information content (AvgIpc) is 3.94. The molecule has 0 radical (unpaired) electrons. The van der Waals surface area contributed by atoms with Gasteiger partial charge in [-0.05, 0) is 94.5 Å². The summed E-state index contributed by atoms with van der Waals surface area (Å²) in [5.41, 5.74) is 2.68. The predicted molar refractivity (Wildman–Crippen MR) is 221 cm³/mol. The van der Waals surface area contributed by atoms with Gasteiger partial charge in [-0.15, -0.1) is 0 Å². The lowest BCUT2D eigenvalue weighted by molar-refractivity contribution is -0.147. The molecule has 2 aromatic carbocycles. The zero-order chi connectivity index (χ0) is 44.5. The van der Waals surface area contributed by atoms with Crippen LogP contribution in [-0.4, -0.2) is 123 Å². The Morgan fingerprint density at radius 3 is 1.87 bits per heavy atom. The van der Waals surface area contributed by atoms with Crippen LogP contribution in [-0.2, 0) is 51.0 Å². The molecule has 2 saturated heterocycles. The van der Waals surface area contributed by atoms with E-state index in [-0.39, 0.29) is 38.4 Å². The lowest BCUT2D eigenvalue weighted by Gasteiger charge is -2.31. The van der Waals surface area contributed by atoms with E-state index in [0.29, 0.717) is 51.6 Å². The molecule has 61 heavy (non-hydrogen) atoms. The number of fused-ring (bicyclic) bond motifs is 2. The molecule has 4 amide bonds. The van der Waals surface area contributed by atoms with Gasteiger partial charge in [0.15, 0.2) is 0 Å². The van der Waals surface area contributed by atoms with Crippen molar-refractivity contribution in [3.8, 4) is 11.4 Å². The summed E-state index contributed by atoms with van der Waals surface area (Å²) in [5, 5.41) is 4.15. The maximum atomic E-state index is 14.8. The van der Waals surface area contributed by atoms with Gasteiger partial charge < -0.3 is 39.3 Å². The smallest absolute Gasteiger partial charge is 0.410 e.